The van der Waals surface area contributed by atoms with Crippen LogP contribution in [0.1, 0.15) is 25.0 Å². The monoisotopic (exact) mass is 290 g/mol. The first-order chi connectivity index (χ1) is 9.97. The second-order valence-electron chi connectivity index (χ2n) is 5.66. The highest BCUT2D eigenvalue weighted by Gasteiger charge is 2.14. The number of anilines is 1. The SMILES string of the molecule is CC(C)NCc1cccc(F)c1N(C)Cc1cnn(C)c1. The molecule has 21 heavy (non-hydrogen) atoms. The molecule has 0 atom stereocenters. The maximum Gasteiger partial charge on any atom is 0.146 e. The molecule has 0 aliphatic heterocycles. The molecule has 114 valence electrons. The molecule has 1 N–H and O–H groups in total. The van der Waals surface area contributed by atoms with Crippen molar-refractivity contribution in [2.75, 3.05) is 11.9 Å². The van der Waals surface area contributed by atoms with E-state index in [0.29, 0.717) is 24.8 Å². The van der Waals surface area contributed by atoms with Gasteiger partial charge in [0.05, 0.1) is 11.9 Å². The zero-order valence-electron chi connectivity index (χ0n) is 13.1. The van der Waals surface area contributed by atoms with Crippen molar-refractivity contribution in [3.63, 3.8) is 0 Å². The minimum absolute atomic E-state index is 0.190. The summed E-state index contributed by atoms with van der Waals surface area (Å²) in [6, 6.07) is 5.60. The molecule has 0 radical (unpaired) electrons. The second-order valence-corrected chi connectivity index (χ2v) is 5.66. The van der Waals surface area contributed by atoms with E-state index in [0.717, 1.165) is 11.1 Å². The van der Waals surface area contributed by atoms with Crippen LogP contribution in [-0.2, 0) is 20.1 Å². The van der Waals surface area contributed by atoms with Crippen molar-refractivity contribution in [1.29, 1.82) is 0 Å². The van der Waals surface area contributed by atoms with E-state index in [1.54, 1.807) is 10.7 Å². The molecule has 0 aliphatic rings. The van der Waals surface area contributed by atoms with Crippen molar-refractivity contribution in [3.05, 3.63) is 47.5 Å². The molecule has 0 aliphatic carbocycles. The molecule has 4 nitrogen and oxygen atoms in total. The molecule has 0 saturated carbocycles. The van der Waals surface area contributed by atoms with Crippen molar-refractivity contribution >= 4 is 5.69 Å². The number of nitrogens with zero attached hydrogens (tertiary/aromatic N) is 3. The van der Waals surface area contributed by atoms with Gasteiger partial charge in [-0.15, -0.1) is 0 Å². The highest BCUT2D eigenvalue weighted by molar-refractivity contribution is 5.54. The summed E-state index contributed by atoms with van der Waals surface area (Å²) in [6.07, 6.45) is 3.76. The van der Waals surface area contributed by atoms with Crippen LogP contribution in [0.4, 0.5) is 10.1 Å². The third-order valence-electron chi connectivity index (χ3n) is 3.33. The number of hydrogen-bond acceptors (Lipinski definition) is 3. The first-order valence-electron chi connectivity index (χ1n) is 7.17. The van der Waals surface area contributed by atoms with Crippen LogP contribution in [0.2, 0.25) is 0 Å². The Morgan fingerprint density at radius 3 is 2.76 bits per heavy atom. The van der Waals surface area contributed by atoms with Crippen LogP contribution in [0.5, 0.6) is 0 Å². The van der Waals surface area contributed by atoms with E-state index < -0.39 is 0 Å². The molecule has 0 spiro atoms. The van der Waals surface area contributed by atoms with Crippen LogP contribution in [-0.4, -0.2) is 22.9 Å². The number of hydrogen-bond donors (Lipinski definition) is 1. The van der Waals surface area contributed by atoms with Gasteiger partial charge in [-0.05, 0) is 11.6 Å². The summed E-state index contributed by atoms with van der Waals surface area (Å²) in [5.74, 6) is -0.190. The lowest BCUT2D eigenvalue weighted by Crippen LogP contribution is -2.25. The normalized spacial score (nSPS) is 11.1. The topological polar surface area (TPSA) is 33.1 Å². The first-order valence-corrected chi connectivity index (χ1v) is 7.17. The van der Waals surface area contributed by atoms with Gasteiger partial charge in [0.25, 0.3) is 0 Å². The Hall–Kier alpha value is -1.88. The first kappa shape index (κ1) is 15.5. The van der Waals surface area contributed by atoms with Gasteiger partial charge >= 0.3 is 0 Å². The third kappa shape index (κ3) is 4.04. The van der Waals surface area contributed by atoms with E-state index in [4.69, 9.17) is 0 Å². The quantitative estimate of drug-likeness (QED) is 0.888. The molecule has 0 bridgehead atoms. The summed E-state index contributed by atoms with van der Waals surface area (Å²) >= 11 is 0. The molecule has 5 heteroatoms. The molecular formula is C16H23FN4. The molecule has 1 aromatic carbocycles. The van der Waals surface area contributed by atoms with E-state index in [1.165, 1.54) is 6.07 Å². The van der Waals surface area contributed by atoms with Crippen LogP contribution < -0.4 is 10.2 Å². The Morgan fingerprint density at radius 1 is 1.38 bits per heavy atom. The number of nitrogens with one attached hydrogen (secondary N) is 1. The maximum absolute atomic E-state index is 14.2. The highest BCUT2D eigenvalue weighted by atomic mass is 19.1. The van der Waals surface area contributed by atoms with Crippen LogP contribution in [0.15, 0.2) is 30.6 Å². The van der Waals surface area contributed by atoms with Crippen molar-refractivity contribution in [2.45, 2.75) is 33.0 Å². The predicted molar refractivity (Wildman–Crippen MR) is 83.7 cm³/mol. The number of halogens is 1. The summed E-state index contributed by atoms with van der Waals surface area (Å²) in [6.45, 7) is 5.45. The highest BCUT2D eigenvalue weighted by Crippen LogP contribution is 2.25. The van der Waals surface area contributed by atoms with Gasteiger partial charge < -0.3 is 10.2 Å². The summed E-state index contributed by atoms with van der Waals surface area (Å²) in [5, 5.41) is 7.49. The Kier molecular flexibility index (Phi) is 4.96. The molecule has 1 aromatic heterocycles. The van der Waals surface area contributed by atoms with Gasteiger partial charge in [0.15, 0.2) is 0 Å². The van der Waals surface area contributed by atoms with Gasteiger partial charge in [-0.2, -0.15) is 5.10 Å². The third-order valence-corrected chi connectivity index (χ3v) is 3.33. The summed E-state index contributed by atoms with van der Waals surface area (Å²) < 4.78 is 16.0. The van der Waals surface area contributed by atoms with Crippen molar-refractivity contribution in [1.82, 2.24) is 15.1 Å². The van der Waals surface area contributed by atoms with Gasteiger partial charge in [-0.25, -0.2) is 4.39 Å². The fourth-order valence-electron chi connectivity index (χ4n) is 2.35. The summed E-state index contributed by atoms with van der Waals surface area (Å²) in [4.78, 5) is 1.93. The lowest BCUT2D eigenvalue weighted by Gasteiger charge is -2.23. The van der Waals surface area contributed by atoms with E-state index in [9.17, 15) is 4.39 Å². The molecule has 2 aromatic rings. The molecule has 0 unspecified atom stereocenters. The lowest BCUT2D eigenvalue weighted by molar-refractivity contribution is 0.579. The van der Waals surface area contributed by atoms with Gasteiger partial charge in [0.2, 0.25) is 0 Å². The van der Waals surface area contributed by atoms with Crippen molar-refractivity contribution in [3.8, 4) is 0 Å². The molecular weight excluding hydrogens is 267 g/mol. The summed E-state index contributed by atoms with van der Waals surface area (Å²) in [5.41, 5.74) is 2.68. The molecule has 0 fully saturated rings. The Balaban J connectivity index is 2.20. The van der Waals surface area contributed by atoms with Crippen LogP contribution >= 0.6 is 0 Å². The zero-order valence-corrected chi connectivity index (χ0v) is 13.1. The Morgan fingerprint density at radius 2 is 2.14 bits per heavy atom. The predicted octanol–water partition coefficient (Wildman–Crippen LogP) is 2.69. The maximum atomic E-state index is 14.2. The number of benzene rings is 1. The Labute approximate surface area is 125 Å². The average molecular weight is 290 g/mol. The molecule has 0 amide bonds. The van der Waals surface area contributed by atoms with Crippen molar-refractivity contribution in [2.24, 2.45) is 7.05 Å². The molecule has 1 heterocycles. The summed E-state index contributed by atoms with van der Waals surface area (Å²) in [7, 11) is 3.79. The van der Waals surface area contributed by atoms with E-state index >= 15 is 0 Å². The van der Waals surface area contributed by atoms with E-state index in [1.807, 2.05) is 37.5 Å². The number of para-hydroxylation sites is 1. The van der Waals surface area contributed by atoms with E-state index in [2.05, 4.69) is 24.3 Å². The number of aryl methyl sites for hydroxylation is 1. The standard InChI is InChI=1S/C16H23FN4/c1-12(2)18-9-14-6-5-7-15(17)16(14)20(3)10-13-8-19-21(4)11-13/h5-8,11-12,18H,9-10H2,1-4H3. The van der Waals surface area contributed by atoms with Crippen LogP contribution in [0, 0.1) is 5.82 Å². The molecule has 0 saturated heterocycles. The van der Waals surface area contributed by atoms with Gasteiger partial charge in [0, 0.05) is 45.0 Å². The fourth-order valence-corrected chi connectivity index (χ4v) is 2.35. The lowest BCUT2D eigenvalue weighted by atomic mass is 10.1. The molecule has 2 rings (SSSR count). The van der Waals surface area contributed by atoms with Gasteiger partial charge in [-0.3, -0.25) is 4.68 Å². The minimum atomic E-state index is -0.190. The Bertz CT molecular complexity index is 592. The largest absolute Gasteiger partial charge is 0.368 e. The zero-order chi connectivity index (χ0) is 15.4. The average Bonchev–Trinajstić information content (AvgIpc) is 2.81. The smallest absolute Gasteiger partial charge is 0.146 e. The van der Waals surface area contributed by atoms with E-state index in [-0.39, 0.29) is 5.82 Å². The number of aromatic nitrogens is 2. The van der Waals surface area contributed by atoms with Crippen molar-refractivity contribution < 1.29 is 4.39 Å². The fraction of sp³-hybridized carbons (Fsp3) is 0.438. The van der Waals surface area contributed by atoms with Gasteiger partial charge in [0.1, 0.15) is 5.82 Å². The minimum Gasteiger partial charge on any atom is -0.368 e. The second kappa shape index (κ2) is 6.72. The van der Waals surface area contributed by atoms with Gasteiger partial charge in [-0.1, -0.05) is 26.0 Å². The number of rotatable bonds is 6. The van der Waals surface area contributed by atoms with Crippen LogP contribution in [0.3, 0.4) is 0 Å². The van der Waals surface area contributed by atoms with Crippen LogP contribution in [0.25, 0.3) is 0 Å².